The fraction of sp³-hybridized carbons (Fsp3) is 0.857. The number of allylic oxidation sites excluding steroid dienone is 2. The van der Waals surface area contributed by atoms with Crippen LogP contribution in [0.1, 0.15) is 91.4 Å². The smallest absolute Gasteiger partial charge is 0.306 e. The maximum Gasteiger partial charge on any atom is 0.306 e. The van der Waals surface area contributed by atoms with Crippen LogP contribution in [0.4, 0.5) is 0 Å². The predicted octanol–water partition coefficient (Wildman–Crippen LogP) is 6.58. The minimum Gasteiger partial charge on any atom is -0.455 e. The normalized spacial score (nSPS) is 9.84. The maximum atomic E-state index is 11.2. The van der Waals surface area contributed by atoms with Crippen LogP contribution < -0.4 is 5.32 Å². The largest absolute Gasteiger partial charge is 0.455 e. The lowest BCUT2D eigenvalue weighted by molar-refractivity contribution is -0.141. The van der Waals surface area contributed by atoms with Gasteiger partial charge in [-0.15, -0.1) is 11.8 Å². The van der Waals surface area contributed by atoms with Crippen molar-refractivity contribution in [2.45, 2.75) is 91.4 Å². The standard InChI is InChI=1S/C16H30O2S.C3H8.C2H7N/c1-3-4-5-6-7-8-9-10-11-12-13-14-16(17)18-15-19-2;2*1-3-2/h6-7H,3-5,8-15H2,1-2H3;3H2,1-2H3;3H,1-2H3/b7-6+;;. The molecule has 0 heterocycles. The summed E-state index contributed by atoms with van der Waals surface area (Å²) in [4.78, 5) is 11.2. The van der Waals surface area contributed by atoms with Crippen molar-refractivity contribution >= 4 is 17.7 Å². The number of ether oxygens (including phenoxy) is 1. The lowest BCUT2D eigenvalue weighted by atomic mass is 10.1. The van der Waals surface area contributed by atoms with E-state index < -0.39 is 0 Å². The van der Waals surface area contributed by atoms with Gasteiger partial charge in [-0.1, -0.05) is 71.4 Å². The van der Waals surface area contributed by atoms with Crippen molar-refractivity contribution in [3.8, 4) is 0 Å². The molecule has 4 heteroatoms. The number of hydrogen-bond donors (Lipinski definition) is 1. The van der Waals surface area contributed by atoms with Crippen molar-refractivity contribution in [3.63, 3.8) is 0 Å². The zero-order chi connectivity index (χ0) is 19.6. The number of rotatable bonds is 13. The molecule has 0 aliphatic rings. The van der Waals surface area contributed by atoms with E-state index in [2.05, 4.69) is 38.2 Å². The van der Waals surface area contributed by atoms with Crippen LogP contribution in [0.5, 0.6) is 0 Å². The van der Waals surface area contributed by atoms with E-state index >= 15 is 0 Å². The molecule has 0 amide bonds. The molecule has 0 aromatic carbocycles. The Kier molecular flexibility index (Phi) is 36.7. The van der Waals surface area contributed by atoms with Crippen LogP contribution in [0.2, 0.25) is 0 Å². The highest BCUT2D eigenvalue weighted by Gasteiger charge is 2.01. The second kappa shape index (κ2) is 31.3. The summed E-state index contributed by atoms with van der Waals surface area (Å²) in [6, 6.07) is 0. The van der Waals surface area contributed by atoms with Crippen LogP contribution in [0.3, 0.4) is 0 Å². The lowest BCUT2D eigenvalue weighted by Crippen LogP contribution is -2.03. The lowest BCUT2D eigenvalue weighted by Gasteiger charge is -2.02. The molecule has 0 aromatic rings. The molecular formula is C21H45NO2S. The molecule has 0 saturated heterocycles. The molecule has 0 aliphatic carbocycles. The highest BCUT2D eigenvalue weighted by atomic mass is 32.2. The van der Waals surface area contributed by atoms with Gasteiger partial charge in [-0.3, -0.25) is 4.79 Å². The maximum absolute atomic E-state index is 11.2. The highest BCUT2D eigenvalue weighted by Crippen LogP contribution is 2.09. The third kappa shape index (κ3) is 39.9. The summed E-state index contributed by atoms with van der Waals surface area (Å²) in [7, 11) is 3.75. The first kappa shape index (κ1) is 29.3. The van der Waals surface area contributed by atoms with E-state index in [1.54, 1.807) is 11.8 Å². The van der Waals surface area contributed by atoms with E-state index in [1.807, 2.05) is 20.4 Å². The molecule has 0 atom stereocenters. The molecule has 0 radical (unpaired) electrons. The summed E-state index contributed by atoms with van der Waals surface area (Å²) in [5.41, 5.74) is 0. The average Bonchev–Trinajstić information content (AvgIpc) is 2.59. The number of thioether (sulfide) groups is 1. The van der Waals surface area contributed by atoms with Gasteiger partial charge in [0.2, 0.25) is 0 Å². The van der Waals surface area contributed by atoms with Crippen LogP contribution in [-0.4, -0.2) is 32.3 Å². The molecule has 0 saturated carbocycles. The van der Waals surface area contributed by atoms with Crippen LogP contribution >= 0.6 is 11.8 Å². The Morgan fingerprint density at radius 1 is 0.920 bits per heavy atom. The number of hydrogen-bond acceptors (Lipinski definition) is 4. The van der Waals surface area contributed by atoms with Crippen molar-refractivity contribution in [2.75, 3.05) is 26.3 Å². The quantitative estimate of drug-likeness (QED) is 0.171. The summed E-state index contributed by atoms with van der Waals surface area (Å²) >= 11 is 1.54. The molecular weight excluding hydrogens is 330 g/mol. The second-order valence-corrected chi connectivity index (χ2v) is 6.86. The van der Waals surface area contributed by atoms with E-state index in [0.717, 1.165) is 12.8 Å². The predicted molar refractivity (Wildman–Crippen MR) is 116 cm³/mol. The zero-order valence-electron chi connectivity index (χ0n) is 17.9. The summed E-state index contributed by atoms with van der Waals surface area (Å²) in [5.74, 6) is 0.441. The third-order valence-corrected chi connectivity index (χ3v) is 3.33. The van der Waals surface area contributed by atoms with E-state index in [9.17, 15) is 4.79 Å². The van der Waals surface area contributed by atoms with E-state index in [1.165, 1.54) is 51.4 Å². The van der Waals surface area contributed by atoms with Gasteiger partial charge in [-0.05, 0) is 46.0 Å². The molecule has 1 N–H and O–H groups in total. The third-order valence-electron chi connectivity index (χ3n) is 2.98. The summed E-state index contributed by atoms with van der Waals surface area (Å²) in [6.07, 6.45) is 19.3. The van der Waals surface area contributed by atoms with Crippen LogP contribution in [0.25, 0.3) is 0 Å². The minimum atomic E-state index is -0.0480. The number of unbranched alkanes of at least 4 members (excludes halogenated alkanes) is 7. The second-order valence-electron chi connectivity index (χ2n) is 6.05. The number of carbonyl (C=O) groups is 1. The zero-order valence-corrected chi connectivity index (χ0v) is 18.7. The van der Waals surface area contributed by atoms with Crippen LogP contribution in [0.15, 0.2) is 12.2 Å². The summed E-state index contributed by atoms with van der Waals surface area (Å²) in [5, 5.41) is 2.75. The van der Waals surface area contributed by atoms with Gasteiger partial charge in [-0.25, -0.2) is 0 Å². The molecule has 0 aliphatic heterocycles. The Labute approximate surface area is 162 Å². The summed E-state index contributed by atoms with van der Waals surface area (Å²) < 4.78 is 5.00. The first-order valence-electron chi connectivity index (χ1n) is 10.0. The molecule has 25 heavy (non-hydrogen) atoms. The van der Waals surface area contributed by atoms with E-state index in [-0.39, 0.29) is 5.97 Å². The molecule has 3 nitrogen and oxygen atoms in total. The monoisotopic (exact) mass is 375 g/mol. The van der Waals surface area contributed by atoms with E-state index in [4.69, 9.17) is 4.74 Å². The van der Waals surface area contributed by atoms with Gasteiger partial charge < -0.3 is 10.1 Å². The SMILES string of the molecule is CCC.CCCC/C=C/CCCCCCCC(=O)OCSC.CNC. The number of nitrogens with one attached hydrogen (secondary N) is 1. The average molecular weight is 376 g/mol. The molecule has 0 unspecified atom stereocenters. The number of esters is 1. The highest BCUT2D eigenvalue weighted by molar-refractivity contribution is 7.98. The van der Waals surface area contributed by atoms with E-state index in [0.29, 0.717) is 12.4 Å². The van der Waals surface area contributed by atoms with Crippen molar-refractivity contribution in [3.05, 3.63) is 12.2 Å². The topological polar surface area (TPSA) is 38.3 Å². The van der Waals surface area contributed by atoms with Crippen LogP contribution in [-0.2, 0) is 9.53 Å². The fourth-order valence-electron chi connectivity index (χ4n) is 1.82. The van der Waals surface area contributed by atoms with Gasteiger partial charge in [0.05, 0.1) is 0 Å². The van der Waals surface area contributed by atoms with Crippen LogP contribution in [0, 0.1) is 0 Å². The van der Waals surface area contributed by atoms with Crippen molar-refractivity contribution in [1.29, 1.82) is 0 Å². The molecule has 0 fully saturated rings. The minimum absolute atomic E-state index is 0.0480. The first-order chi connectivity index (χ1) is 12.1. The summed E-state index contributed by atoms with van der Waals surface area (Å²) in [6.45, 7) is 6.48. The molecule has 152 valence electrons. The van der Waals surface area contributed by atoms with Gasteiger partial charge in [0, 0.05) is 6.42 Å². The Hall–Kier alpha value is -0.480. The molecule has 0 rings (SSSR count). The van der Waals surface area contributed by atoms with Crippen molar-refractivity contribution < 1.29 is 9.53 Å². The van der Waals surface area contributed by atoms with Crippen molar-refractivity contribution in [2.24, 2.45) is 0 Å². The fourth-order valence-corrected chi connectivity index (χ4v) is 2.07. The Balaban J connectivity index is -0.000000700. The van der Waals surface area contributed by atoms with Gasteiger partial charge >= 0.3 is 5.97 Å². The van der Waals surface area contributed by atoms with Gasteiger partial charge in [-0.2, -0.15) is 0 Å². The molecule has 0 aromatic heterocycles. The van der Waals surface area contributed by atoms with Crippen molar-refractivity contribution in [1.82, 2.24) is 5.32 Å². The van der Waals surface area contributed by atoms with Gasteiger partial charge in [0.25, 0.3) is 0 Å². The first-order valence-corrected chi connectivity index (χ1v) is 11.4. The molecule has 0 spiro atoms. The molecule has 0 bridgehead atoms. The Bertz CT molecular complexity index is 256. The van der Waals surface area contributed by atoms with Gasteiger partial charge in [0.15, 0.2) is 0 Å². The van der Waals surface area contributed by atoms with Gasteiger partial charge in [0.1, 0.15) is 5.94 Å². The Morgan fingerprint density at radius 3 is 1.92 bits per heavy atom. The Morgan fingerprint density at radius 2 is 1.40 bits per heavy atom. The number of carbonyl (C=O) groups excluding carboxylic acids is 1.